The summed E-state index contributed by atoms with van der Waals surface area (Å²) in [6.07, 6.45) is -0.931. The van der Waals surface area contributed by atoms with Crippen molar-refractivity contribution in [1.29, 1.82) is 0 Å². The van der Waals surface area contributed by atoms with Crippen molar-refractivity contribution < 1.29 is 18.0 Å². The number of rotatable bonds is 7. The first-order valence-electron chi connectivity index (χ1n) is 10.5. The van der Waals surface area contributed by atoms with Gasteiger partial charge in [-0.25, -0.2) is 0 Å². The van der Waals surface area contributed by atoms with Gasteiger partial charge in [0.05, 0.1) is 17.9 Å². The number of Topliss-reactive ketones (excluding diaryl/α,β-unsaturated/α-hetero) is 1. The first-order valence-corrected chi connectivity index (χ1v) is 11.5. The molecule has 1 fully saturated rings. The third-order valence-corrected chi connectivity index (χ3v) is 6.30. The van der Waals surface area contributed by atoms with Crippen LogP contribution in [0.1, 0.15) is 41.0 Å². The molecule has 0 atom stereocenters. The zero-order valence-electron chi connectivity index (χ0n) is 17.4. The van der Waals surface area contributed by atoms with Gasteiger partial charge in [-0.1, -0.05) is 48.5 Å². The van der Waals surface area contributed by atoms with Crippen LogP contribution in [0, 0.1) is 0 Å². The second-order valence-corrected chi connectivity index (χ2v) is 8.64. The minimum absolute atomic E-state index is 0.0318. The number of hydrogen-bond acceptors (Lipinski definition) is 5. The highest BCUT2D eigenvalue weighted by atomic mass is 32.2. The molecule has 3 aromatic rings. The SMILES string of the molecule is O=C(CSc1nnc(CN2CCCCC2)n1-c1ccccc1)c1cccc(C(F)(F)F)c1. The van der Waals surface area contributed by atoms with Crippen molar-refractivity contribution in [3.63, 3.8) is 0 Å². The van der Waals surface area contributed by atoms with E-state index in [-0.39, 0.29) is 17.1 Å². The molecule has 2 aromatic carbocycles. The van der Waals surface area contributed by atoms with Gasteiger partial charge in [0.1, 0.15) is 0 Å². The Balaban J connectivity index is 1.54. The number of likely N-dealkylation sites (tertiary alicyclic amines) is 1. The van der Waals surface area contributed by atoms with E-state index in [1.54, 1.807) is 0 Å². The van der Waals surface area contributed by atoms with Crippen molar-refractivity contribution in [3.05, 3.63) is 71.5 Å². The number of para-hydroxylation sites is 1. The number of alkyl halides is 3. The second kappa shape index (κ2) is 9.87. The Labute approximate surface area is 188 Å². The van der Waals surface area contributed by atoms with Crippen LogP contribution in [0.15, 0.2) is 59.8 Å². The van der Waals surface area contributed by atoms with Gasteiger partial charge >= 0.3 is 6.18 Å². The Kier molecular flexibility index (Phi) is 6.95. The fourth-order valence-corrected chi connectivity index (χ4v) is 4.60. The van der Waals surface area contributed by atoms with E-state index in [9.17, 15) is 18.0 Å². The van der Waals surface area contributed by atoms with Gasteiger partial charge in [-0.05, 0) is 50.2 Å². The van der Waals surface area contributed by atoms with E-state index in [1.807, 2.05) is 34.9 Å². The quantitative estimate of drug-likeness (QED) is 0.356. The van der Waals surface area contributed by atoms with E-state index in [0.29, 0.717) is 11.7 Å². The highest BCUT2D eigenvalue weighted by Crippen LogP contribution is 2.30. The number of ketones is 1. The maximum Gasteiger partial charge on any atom is 0.416 e. The molecule has 0 spiro atoms. The lowest BCUT2D eigenvalue weighted by Crippen LogP contribution is -2.30. The number of nitrogens with zero attached hydrogens (tertiary/aromatic N) is 4. The molecule has 0 saturated carbocycles. The summed E-state index contributed by atoms with van der Waals surface area (Å²) in [6, 6.07) is 14.2. The van der Waals surface area contributed by atoms with E-state index in [0.717, 1.165) is 49.6 Å². The number of carbonyl (C=O) groups is 1. The van der Waals surface area contributed by atoms with Crippen LogP contribution in [-0.2, 0) is 12.7 Å². The highest BCUT2D eigenvalue weighted by Gasteiger charge is 2.31. The summed E-state index contributed by atoms with van der Waals surface area (Å²) in [4.78, 5) is 15.0. The van der Waals surface area contributed by atoms with Crippen LogP contribution in [0.4, 0.5) is 13.2 Å². The molecule has 4 rings (SSSR count). The van der Waals surface area contributed by atoms with E-state index in [4.69, 9.17) is 0 Å². The van der Waals surface area contributed by atoms with Crippen LogP contribution in [0.25, 0.3) is 5.69 Å². The van der Waals surface area contributed by atoms with E-state index < -0.39 is 11.7 Å². The van der Waals surface area contributed by atoms with Crippen LogP contribution in [0.3, 0.4) is 0 Å². The third kappa shape index (κ3) is 5.39. The molecule has 9 heteroatoms. The molecule has 0 N–H and O–H groups in total. The Morgan fingerprint density at radius 1 is 0.969 bits per heavy atom. The molecule has 0 radical (unpaired) electrons. The van der Waals surface area contributed by atoms with Gasteiger partial charge in [0.25, 0.3) is 0 Å². The molecule has 1 aliphatic heterocycles. The first-order chi connectivity index (χ1) is 15.4. The number of piperidine rings is 1. The minimum Gasteiger partial charge on any atom is -0.296 e. The molecular formula is C23H23F3N4OS. The zero-order chi connectivity index (χ0) is 22.6. The van der Waals surface area contributed by atoms with Gasteiger partial charge in [-0.2, -0.15) is 13.2 Å². The molecule has 2 heterocycles. The van der Waals surface area contributed by atoms with Gasteiger partial charge in [0.15, 0.2) is 16.8 Å². The molecule has 0 unspecified atom stereocenters. The van der Waals surface area contributed by atoms with E-state index in [2.05, 4.69) is 15.1 Å². The third-order valence-electron chi connectivity index (χ3n) is 5.37. The molecule has 1 aliphatic rings. The Morgan fingerprint density at radius 2 is 1.72 bits per heavy atom. The van der Waals surface area contributed by atoms with Crippen molar-refractivity contribution in [2.45, 2.75) is 37.1 Å². The molecule has 168 valence electrons. The summed E-state index contributed by atoms with van der Waals surface area (Å²) in [5.74, 6) is 0.365. The van der Waals surface area contributed by atoms with Crippen LogP contribution >= 0.6 is 11.8 Å². The van der Waals surface area contributed by atoms with Crippen LogP contribution in [0.2, 0.25) is 0 Å². The van der Waals surface area contributed by atoms with E-state index in [1.165, 1.54) is 30.3 Å². The largest absolute Gasteiger partial charge is 0.416 e. The first kappa shape index (κ1) is 22.5. The molecule has 32 heavy (non-hydrogen) atoms. The fraction of sp³-hybridized carbons (Fsp3) is 0.348. The van der Waals surface area contributed by atoms with Crippen LogP contribution in [0.5, 0.6) is 0 Å². The molecule has 1 saturated heterocycles. The number of halogens is 3. The van der Waals surface area contributed by atoms with Crippen molar-refractivity contribution >= 4 is 17.5 Å². The monoisotopic (exact) mass is 460 g/mol. The Hall–Kier alpha value is -2.65. The summed E-state index contributed by atoms with van der Waals surface area (Å²) < 4.78 is 40.9. The summed E-state index contributed by atoms with van der Waals surface area (Å²) >= 11 is 1.18. The van der Waals surface area contributed by atoms with Crippen molar-refractivity contribution in [2.24, 2.45) is 0 Å². The summed E-state index contributed by atoms with van der Waals surface area (Å²) in [5.41, 5.74) is 0.0924. The normalized spacial score (nSPS) is 15.1. The number of carbonyl (C=O) groups excluding carboxylic acids is 1. The van der Waals surface area contributed by atoms with Gasteiger partial charge in [0, 0.05) is 11.3 Å². The molecule has 0 amide bonds. The van der Waals surface area contributed by atoms with Gasteiger partial charge in [0.2, 0.25) is 0 Å². The number of aromatic nitrogens is 3. The lowest BCUT2D eigenvalue weighted by molar-refractivity contribution is -0.137. The summed E-state index contributed by atoms with van der Waals surface area (Å²) in [5, 5.41) is 9.22. The summed E-state index contributed by atoms with van der Waals surface area (Å²) in [7, 11) is 0. The Bertz CT molecular complexity index is 1060. The Morgan fingerprint density at radius 3 is 2.44 bits per heavy atom. The smallest absolute Gasteiger partial charge is 0.296 e. The predicted molar refractivity (Wildman–Crippen MR) is 117 cm³/mol. The van der Waals surface area contributed by atoms with Crippen LogP contribution in [-0.4, -0.2) is 44.3 Å². The lowest BCUT2D eigenvalue weighted by atomic mass is 10.1. The maximum absolute atomic E-state index is 13.0. The summed E-state index contributed by atoms with van der Waals surface area (Å²) in [6.45, 7) is 2.68. The average molecular weight is 461 g/mol. The number of hydrogen-bond donors (Lipinski definition) is 0. The average Bonchev–Trinajstić information content (AvgIpc) is 3.20. The number of benzene rings is 2. The molecule has 0 bridgehead atoms. The standard InChI is InChI=1S/C23H23F3N4OS/c24-23(25,26)18-9-7-8-17(14-18)20(31)16-32-22-28-27-21(15-29-12-5-2-6-13-29)30(22)19-10-3-1-4-11-19/h1,3-4,7-11,14H,2,5-6,12-13,15-16H2. The fourth-order valence-electron chi connectivity index (χ4n) is 3.73. The highest BCUT2D eigenvalue weighted by molar-refractivity contribution is 7.99. The lowest BCUT2D eigenvalue weighted by Gasteiger charge is -2.26. The van der Waals surface area contributed by atoms with Crippen molar-refractivity contribution in [1.82, 2.24) is 19.7 Å². The van der Waals surface area contributed by atoms with Crippen LogP contribution < -0.4 is 0 Å². The number of thioether (sulfide) groups is 1. The molecular weight excluding hydrogens is 437 g/mol. The molecule has 1 aromatic heterocycles. The van der Waals surface area contributed by atoms with Crippen molar-refractivity contribution in [3.8, 4) is 5.69 Å². The topological polar surface area (TPSA) is 51.0 Å². The maximum atomic E-state index is 13.0. The van der Waals surface area contributed by atoms with E-state index >= 15 is 0 Å². The van der Waals surface area contributed by atoms with Gasteiger partial charge < -0.3 is 0 Å². The van der Waals surface area contributed by atoms with Gasteiger partial charge in [-0.15, -0.1) is 10.2 Å². The molecule has 0 aliphatic carbocycles. The van der Waals surface area contributed by atoms with Crippen molar-refractivity contribution in [2.75, 3.05) is 18.8 Å². The van der Waals surface area contributed by atoms with Gasteiger partial charge in [-0.3, -0.25) is 14.3 Å². The zero-order valence-corrected chi connectivity index (χ0v) is 18.2. The minimum atomic E-state index is -4.49. The second-order valence-electron chi connectivity index (χ2n) is 7.70. The molecule has 5 nitrogen and oxygen atoms in total. The predicted octanol–water partition coefficient (Wildman–Crippen LogP) is 5.25.